The minimum atomic E-state index is -1.12. The molecule has 1 aromatic carbocycles. The van der Waals surface area contributed by atoms with Gasteiger partial charge in [-0.05, 0) is 18.2 Å². The maximum Gasteiger partial charge on any atom is 0.201 e. The number of nitrogens with zero attached hydrogens (tertiary/aromatic N) is 2. The standard InChI is InChI=1S/C12H8BrF2N3O2/c13-6-3-8(14)11(15)10(4-6)20-7-1-2-17-9(5-7)12(16)18-19/h1-5,19H,(H2,16,18). The first kappa shape index (κ1) is 14.2. The molecule has 104 valence electrons. The van der Waals surface area contributed by atoms with E-state index in [4.69, 9.17) is 15.7 Å². The summed E-state index contributed by atoms with van der Waals surface area (Å²) in [4.78, 5) is 3.84. The van der Waals surface area contributed by atoms with Gasteiger partial charge in [0.05, 0.1) is 0 Å². The zero-order valence-electron chi connectivity index (χ0n) is 9.85. The molecule has 2 rings (SSSR count). The summed E-state index contributed by atoms with van der Waals surface area (Å²) in [6, 6.07) is 5.01. The van der Waals surface area contributed by atoms with Crippen molar-refractivity contribution in [2.24, 2.45) is 10.9 Å². The van der Waals surface area contributed by atoms with Gasteiger partial charge in [-0.1, -0.05) is 21.1 Å². The number of oxime groups is 1. The molecule has 0 aliphatic carbocycles. The summed E-state index contributed by atoms with van der Waals surface area (Å²) in [7, 11) is 0. The van der Waals surface area contributed by atoms with Gasteiger partial charge in [0, 0.05) is 16.7 Å². The number of pyridine rings is 1. The number of amidine groups is 1. The third-order valence-electron chi connectivity index (χ3n) is 2.29. The quantitative estimate of drug-likeness (QED) is 0.295. The van der Waals surface area contributed by atoms with Crippen LogP contribution in [0.25, 0.3) is 0 Å². The average molecular weight is 344 g/mol. The number of nitrogens with two attached hydrogens (primary N) is 1. The Morgan fingerprint density at radius 2 is 2.10 bits per heavy atom. The predicted molar refractivity (Wildman–Crippen MR) is 70.9 cm³/mol. The second-order valence-corrected chi connectivity index (χ2v) is 4.58. The number of halogens is 3. The van der Waals surface area contributed by atoms with Crippen LogP contribution in [0.3, 0.4) is 0 Å². The summed E-state index contributed by atoms with van der Waals surface area (Å²) in [6.45, 7) is 0. The molecule has 0 atom stereocenters. The summed E-state index contributed by atoms with van der Waals surface area (Å²) >= 11 is 3.04. The molecule has 8 heteroatoms. The van der Waals surface area contributed by atoms with E-state index in [0.29, 0.717) is 4.47 Å². The van der Waals surface area contributed by atoms with Crippen molar-refractivity contribution < 1.29 is 18.7 Å². The highest BCUT2D eigenvalue weighted by Crippen LogP contribution is 2.29. The second-order valence-electron chi connectivity index (χ2n) is 3.66. The SMILES string of the molecule is N/C(=N/O)c1cc(Oc2cc(Br)cc(F)c2F)ccn1. The fourth-order valence-corrected chi connectivity index (χ4v) is 1.81. The van der Waals surface area contributed by atoms with Gasteiger partial charge in [0.15, 0.2) is 17.4 Å². The number of benzene rings is 1. The first-order chi connectivity index (χ1) is 9.51. The van der Waals surface area contributed by atoms with E-state index < -0.39 is 11.6 Å². The van der Waals surface area contributed by atoms with Gasteiger partial charge >= 0.3 is 0 Å². The summed E-state index contributed by atoms with van der Waals surface area (Å²) < 4.78 is 32.4. The Morgan fingerprint density at radius 3 is 2.80 bits per heavy atom. The van der Waals surface area contributed by atoms with Crippen LogP contribution in [-0.4, -0.2) is 16.0 Å². The lowest BCUT2D eigenvalue weighted by molar-refractivity contribution is 0.318. The van der Waals surface area contributed by atoms with Gasteiger partial charge in [-0.2, -0.15) is 4.39 Å². The number of ether oxygens (including phenoxy) is 1. The number of aromatic nitrogens is 1. The van der Waals surface area contributed by atoms with E-state index in [9.17, 15) is 8.78 Å². The molecule has 0 fully saturated rings. The molecule has 0 bridgehead atoms. The lowest BCUT2D eigenvalue weighted by atomic mass is 10.3. The fraction of sp³-hybridized carbons (Fsp3) is 0. The molecule has 3 N–H and O–H groups in total. The van der Waals surface area contributed by atoms with Crippen LogP contribution in [-0.2, 0) is 0 Å². The third-order valence-corrected chi connectivity index (χ3v) is 2.75. The zero-order valence-corrected chi connectivity index (χ0v) is 11.4. The molecular formula is C12H8BrF2N3O2. The van der Waals surface area contributed by atoms with Crippen LogP contribution in [0.1, 0.15) is 5.69 Å². The highest BCUT2D eigenvalue weighted by Gasteiger charge is 2.13. The van der Waals surface area contributed by atoms with E-state index in [2.05, 4.69) is 26.1 Å². The van der Waals surface area contributed by atoms with Gasteiger partial charge in [-0.3, -0.25) is 4.98 Å². The van der Waals surface area contributed by atoms with Gasteiger partial charge in [-0.25, -0.2) is 4.39 Å². The highest BCUT2D eigenvalue weighted by atomic mass is 79.9. The molecular weight excluding hydrogens is 336 g/mol. The monoisotopic (exact) mass is 343 g/mol. The van der Waals surface area contributed by atoms with Crippen molar-refractivity contribution in [2.45, 2.75) is 0 Å². The highest BCUT2D eigenvalue weighted by molar-refractivity contribution is 9.10. The van der Waals surface area contributed by atoms with Crippen LogP contribution < -0.4 is 10.5 Å². The van der Waals surface area contributed by atoms with Crippen molar-refractivity contribution in [1.29, 1.82) is 0 Å². The second kappa shape index (κ2) is 5.83. The Morgan fingerprint density at radius 1 is 1.35 bits per heavy atom. The van der Waals surface area contributed by atoms with E-state index >= 15 is 0 Å². The topological polar surface area (TPSA) is 80.7 Å². The summed E-state index contributed by atoms with van der Waals surface area (Å²) in [5.74, 6) is -2.52. The van der Waals surface area contributed by atoms with E-state index in [1.807, 2.05) is 0 Å². The maximum atomic E-state index is 13.6. The number of rotatable bonds is 3. The third kappa shape index (κ3) is 3.02. The molecule has 0 spiro atoms. The Labute approximate surface area is 120 Å². The van der Waals surface area contributed by atoms with Crippen LogP contribution in [0, 0.1) is 11.6 Å². The summed E-state index contributed by atoms with van der Waals surface area (Å²) in [5, 5.41) is 11.3. The maximum absolute atomic E-state index is 13.6. The normalized spacial score (nSPS) is 11.4. The van der Waals surface area contributed by atoms with E-state index in [-0.39, 0.29) is 23.0 Å². The van der Waals surface area contributed by atoms with Crippen molar-refractivity contribution in [3.8, 4) is 11.5 Å². The molecule has 1 aromatic heterocycles. The van der Waals surface area contributed by atoms with E-state index in [1.54, 1.807) is 0 Å². The van der Waals surface area contributed by atoms with Crippen molar-refractivity contribution in [3.05, 3.63) is 52.3 Å². The van der Waals surface area contributed by atoms with Gasteiger partial charge in [0.25, 0.3) is 0 Å². The first-order valence-electron chi connectivity index (χ1n) is 5.27. The minimum Gasteiger partial charge on any atom is -0.454 e. The fourth-order valence-electron chi connectivity index (χ4n) is 1.40. The smallest absolute Gasteiger partial charge is 0.201 e. The molecule has 0 saturated carbocycles. The first-order valence-corrected chi connectivity index (χ1v) is 6.07. The van der Waals surface area contributed by atoms with Crippen molar-refractivity contribution in [1.82, 2.24) is 4.98 Å². The number of hydrogen-bond acceptors (Lipinski definition) is 4. The Balaban J connectivity index is 2.36. The van der Waals surface area contributed by atoms with Gasteiger partial charge in [0.1, 0.15) is 11.4 Å². The number of hydrogen-bond donors (Lipinski definition) is 2. The average Bonchev–Trinajstić information content (AvgIpc) is 2.43. The van der Waals surface area contributed by atoms with Crippen molar-refractivity contribution in [3.63, 3.8) is 0 Å². The van der Waals surface area contributed by atoms with Crippen molar-refractivity contribution in [2.75, 3.05) is 0 Å². The molecule has 2 aromatic rings. The molecule has 0 unspecified atom stereocenters. The van der Waals surface area contributed by atoms with Crippen LogP contribution >= 0.6 is 15.9 Å². The zero-order chi connectivity index (χ0) is 14.7. The lowest BCUT2D eigenvalue weighted by Gasteiger charge is -2.08. The van der Waals surface area contributed by atoms with E-state index in [0.717, 1.165) is 6.07 Å². The summed E-state index contributed by atoms with van der Waals surface area (Å²) in [5.41, 5.74) is 5.51. The van der Waals surface area contributed by atoms with Crippen LogP contribution in [0.5, 0.6) is 11.5 Å². The molecule has 0 aliphatic rings. The molecule has 0 aliphatic heterocycles. The van der Waals surface area contributed by atoms with Gasteiger partial charge in [0.2, 0.25) is 5.82 Å². The molecule has 0 saturated heterocycles. The Bertz CT molecular complexity index is 680. The van der Waals surface area contributed by atoms with Gasteiger partial charge in [-0.15, -0.1) is 0 Å². The largest absolute Gasteiger partial charge is 0.454 e. The predicted octanol–water partition coefficient (Wildman–Crippen LogP) is 3.01. The molecule has 1 heterocycles. The van der Waals surface area contributed by atoms with Crippen LogP contribution in [0.2, 0.25) is 0 Å². The lowest BCUT2D eigenvalue weighted by Crippen LogP contribution is -2.14. The molecule has 5 nitrogen and oxygen atoms in total. The minimum absolute atomic E-state index is 0.140. The van der Waals surface area contributed by atoms with E-state index in [1.165, 1.54) is 24.4 Å². The van der Waals surface area contributed by atoms with Crippen molar-refractivity contribution >= 4 is 21.8 Å². The van der Waals surface area contributed by atoms with Crippen LogP contribution in [0.15, 0.2) is 40.1 Å². The molecule has 20 heavy (non-hydrogen) atoms. The molecule has 0 radical (unpaired) electrons. The molecule has 0 amide bonds. The Kier molecular flexibility index (Phi) is 4.14. The van der Waals surface area contributed by atoms with Crippen LogP contribution in [0.4, 0.5) is 8.78 Å². The Hall–Kier alpha value is -2.22. The summed E-state index contributed by atoms with van der Waals surface area (Å²) in [6.07, 6.45) is 1.33. The van der Waals surface area contributed by atoms with Gasteiger partial charge < -0.3 is 15.7 Å².